The highest BCUT2D eigenvalue weighted by molar-refractivity contribution is 7.90. The Morgan fingerprint density at radius 2 is 2.07 bits per heavy atom. The van der Waals surface area contributed by atoms with E-state index in [0.717, 1.165) is 22.9 Å². The molecule has 10 heteroatoms. The zero-order valence-corrected chi connectivity index (χ0v) is 16.7. The maximum atomic E-state index is 13.0. The van der Waals surface area contributed by atoms with Crippen LogP contribution in [0.4, 0.5) is 0 Å². The lowest BCUT2D eigenvalue weighted by atomic mass is 10.0. The van der Waals surface area contributed by atoms with Crippen molar-refractivity contribution in [3.8, 4) is 0 Å². The molecule has 0 bridgehead atoms. The lowest BCUT2D eigenvalue weighted by Gasteiger charge is -2.26. The lowest BCUT2D eigenvalue weighted by Crippen LogP contribution is -2.37. The molecule has 0 unspecified atom stereocenters. The van der Waals surface area contributed by atoms with Gasteiger partial charge in [-0.15, -0.1) is 0 Å². The summed E-state index contributed by atoms with van der Waals surface area (Å²) in [7, 11) is -3.17. The van der Waals surface area contributed by atoms with Gasteiger partial charge in [-0.1, -0.05) is 18.2 Å². The largest absolute Gasteiger partial charge is 0.351 e. The number of aromatic nitrogens is 3. The number of nitrogens with one attached hydrogen (secondary N) is 3. The summed E-state index contributed by atoms with van der Waals surface area (Å²) in [6.45, 7) is 0.782. The van der Waals surface area contributed by atoms with Crippen LogP contribution in [0.25, 0.3) is 10.9 Å². The van der Waals surface area contributed by atoms with Crippen LogP contribution in [0.2, 0.25) is 0 Å². The van der Waals surface area contributed by atoms with Crippen LogP contribution in [-0.2, 0) is 22.8 Å². The molecule has 3 N–H and O–H groups in total. The van der Waals surface area contributed by atoms with Crippen molar-refractivity contribution in [3.63, 3.8) is 0 Å². The highest BCUT2D eigenvalue weighted by Gasteiger charge is 2.29. The van der Waals surface area contributed by atoms with Gasteiger partial charge in [0.05, 0.1) is 12.3 Å². The Bertz CT molecular complexity index is 1160. The molecule has 4 rings (SSSR count). The number of aromatic amines is 2. The Balaban J connectivity index is 1.49. The number of sulfone groups is 1. The van der Waals surface area contributed by atoms with E-state index in [4.69, 9.17) is 0 Å². The first-order chi connectivity index (χ1) is 13.8. The Labute approximate surface area is 167 Å². The molecule has 1 aliphatic rings. The molecule has 0 spiro atoms. The van der Waals surface area contributed by atoms with E-state index in [1.165, 1.54) is 0 Å². The minimum atomic E-state index is -3.17. The Kier molecular flexibility index (Phi) is 4.87. The topological polar surface area (TPSA) is 128 Å². The smallest absolute Gasteiger partial charge is 0.272 e. The number of rotatable bonds is 5. The first-order valence-electron chi connectivity index (χ1n) is 9.21. The second-order valence-corrected chi connectivity index (χ2v) is 9.42. The molecule has 1 aliphatic heterocycles. The number of nitrogens with zero attached hydrogens (tertiary/aromatic N) is 2. The molecule has 2 amide bonds. The fraction of sp³-hybridized carbons (Fsp3) is 0.316. The molecule has 9 nitrogen and oxygen atoms in total. The van der Waals surface area contributed by atoms with E-state index >= 15 is 0 Å². The van der Waals surface area contributed by atoms with Crippen LogP contribution < -0.4 is 5.32 Å². The zero-order valence-electron chi connectivity index (χ0n) is 15.9. The SMILES string of the molecule is CS(=O)(=O)CCNC(=O)c1n[nH]c2c1CN(C(=O)c1cc3ccccc3[nH]1)CC2. The molecule has 3 aromatic rings. The van der Waals surface area contributed by atoms with Crippen LogP contribution in [0.5, 0.6) is 0 Å². The van der Waals surface area contributed by atoms with E-state index in [9.17, 15) is 18.0 Å². The molecule has 0 saturated heterocycles. The normalized spacial score (nSPS) is 14.0. The van der Waals surface area contributed by atoms with Crippen LogP contribution in [0, 0.1) is 0 Å². The second-order valence-electron chi connectivity index (χ2n) is 7.16. The molecule has 0 atom stereocenters. The van der Waals surface area contributed by atoms with Gasteiger partial charge in [-0.05, 0) is 12.1 Å². The van der Waals surface area contributed by atoms with Gasteiger partial charge in [0.1, 0.15) is 15.5 Å². The van der Waals surface area contributed by atoms with E-state index < -0.39 is 15.7 Å². The van der Waals surface area contributed by atoms with Gasteiger partial charge in [0.15, 0.2) is 5.69 Å². The molecule has 3 heterocycles. The second kappa shape index (κ2) is 7.36. The molecule has 1 aromatic carbocycles. The Hall–Kier alpha value is -3.14. The maximum Gasteiger partial charge on any atom is 0.272 e. The summed E-state index contributed by atoms with van der Waals surface area (Å²) in [4.78, 5) is 30.2. The average molecular weight is 415 g/mol. The van der Waals surface area contributed by atoms with Crippen molar-refractivity contribution < 1.29 is 18.0 Å². The number of hydrogen-bond acceptors (Lipinski definition) is 5. The van der Waals surface area contributed by atoms with Crippen molar-refractivity contribution in [1.29, 1.82) is 0 Å². The monoisotopic (exact) mass is 415 g/mol. The van der Waals surface area contributed by atoms with Crippen molar-refractivity contribution in [1.82, 2.24) is 25.4 Å². The highest BCUT2D eigenvalue weighted by Crippen LogP contribution is 2.23. The van der Waals surface area contributed by atoms with Gasteiger partial charge < -0.3 is 15.2 Å². The van der Waals surface area contributed by atoms with Gasteiger partial charge in [0, 0.05) is 47.9 Å². The Morgan fingerprint density at radius 3 is 2.83 bits per heavy atom. The van der Waals surface area contributed by atoms with Crippen molar-refractivity contribution >= 4 is 32.6 Å². The van der Waals surface area contributed by atoms with E-state index in [1.54, 1.807) is 4.90 Å². The zero-order chi connectivity index (χ0) is 20.6. The quantitative estimate of drug-likeness (QED) is 0.569. The third kappa shape index (κ3) is 4.02. The molecule has 152 valence electrons. The Morgan fingerprint density at radius 1 is 1.28 bits per heavy atom. The average Bonchev–Trinajstić information content (AvgIpc) is 3.29. The van der Waals surface area contributed by atoms with E-state index in [-0.39, 0.29) is 30.4 Å². The van der Waals surface area contributed by atoms with Gasteiger partial charge in [-0.2, -0.15) is 5.10 Å². The molecular formula is C19H21N5O4S. The van der Waals surface area contributed by atoms with Gasteiger partial charge in [0.2, 0.25) is 0 Å². The van der Waals surface area contributed by atoms with Gasteiger partial charge in [-0.25, -0.2) is 8.42 Å². The number of amides is 2. The summed E-state index contributed by atoms with van der Waals surface area (Å²) in [6, 6.07) is 9.49. The molecule has 2 aromatic heterocycles. The third-order valence-electron chi connectivity index (χ3n) is 4.95. The standard InChI is InChI=1S/C19H21N5O4S/c1-29(27,28)9-7-20-18(25)17-13-11-24(8-6-15(13)22-23-17)19(26)16-10-12-4-2-3-5-14(12)21-16/h2-5,10,21H,6-9,11H2,1H3,(H,20,25)(H,22,23). The van der Waals surface area contributed by atoms with Gasteiger partial charge in [0.25, 0.3) is 11.8 Å². The van der Waals surface area contributed by atoms with Crippen LogP contribution >= 0.6 is 0 Å². The molecular weight excluding hydrogens is 394 g/mol. The van der Waals surface area contributed by atoms with Crippen molar-refractivity contribution in [2.75, 3.05) is 25.1 Å². The summed E-state index contributed by atoms with van der Waals surface area (Å²) in [6.07, 6.45) is 1.67. The molecule has 29 heavy (non-hydrogen) atoms. The number of H-pyrrole nitrogens is 2. The summed E-state index contributed by atoms with van der Waals surface area (Å²) in [5.41, 5.74) is 3.07. The summed E-state index contributed by atoms with van der Waals surface area (Å²) in [5, 5.41) is 10.5. The van der Waals surface area contributed by atoms with E-state index in [1.807, 2.05) is 30.3 Å². The lowest BCUT2D eigenvalue weighted by molar-refractivity contribution is 0.0726. The number of fused-ring (bicyclic) bond motifs is 2. The summed E-state index contributed by atoms with van der Waals surface area (Å²) in [5.74, 6) is -0.737. The summed E-state index contributed by atoms with van der Waals surface area (Å²) >= 11 is 0. The summed E-state index contributed by atoms with van der Waals surface area (Å²) < 4.78 is 22.5. The van der Waals surface area contributed by atoms with E-state index in [2.05, 4.69) is 20.5 Å². The number of benzene rings is 1. The first-order valence-corrected chi connectivity index (χ1v) is 11.3. The number of carbonyl (C=O) groups excluding carboxylic acids is 2. The first kappa shape index (κ1) is 19.2. The van der Waals surface area contributed by atoms with Crippen LogP contribution in [0.15, 0.2) is 30.3 Å². The fourth-order valence-electron chi connectivity index (χ4n) is 3.45. The predicted molar refractivity (Wildman–Crippen MR) is 107 cm³/mol. The van der Waals surface area contributed by atoms with Crippen LogP contribution in [0.1, 0.15) is 32.2 Å². The van der Waals surface area contributed by atoms with Crippen LogP contribution in [-0.4, -0.2) is 65.4 Å². The third-order valence-corrected chi connectivity index (χ3v) is 5.90. The van der Waals surface area contributed by atoms with Crippen molar-refractivity contribution in [3.05, 3.63) is 53.0 Å². The minimum absolute atomic E-state index is 0.0109. The number of carbonyl (C=O) groups is 2. The van der Waals surface area contributed by atoms with Crippen LogP contribution in [0.3, 0.4) is 0 Å². The number of para-hydroxylation sites is 1. The minimum Gasteiger partial charge on any atom is -0.351 e. The maximum absolute atomic E-state index is 13.0. The molecule has 0 saturated carbocycles. The molecule has 0 aliphatic carbocycles. The van der Waals surface area contributed by atoms with Gasteiger partial charge in [-0.3, -0.25) is 14.7 Å². The highest BCUT2D eigenvalue weighted by atomic mass is 32.2. The fourth-order valence-corrected chi connectivity index (χ4v) is 3.92. The number of hydrogen-bond donors (Lipinski definition) is 3. The van der Waals surface area contributed by atoms with E-state index in [0.29, 0.717) is 24.2 Å². The van der Waals surface area contributed by atoms with Crippen molar-refractivity contribution in [2.45, 2.75) is 13.0 Å². The van der Waals surface area contributed by atoms with Gasteiger partial charge >= 0.3 is 0 Å². The molecule has 0 radical (unpaired) electrons. The predicted octanol–water partition coefficient (Wildman–Crippen LogP) is 0.864. The molecule has 0 fully saturated rings. The van der Waals surface area contributed by atoms with Crippen molar-refractivity contribution in [2.24, 2.45) is 0 Å².